The SMILES string of the molecule is CC(C)(C)N1CCC2(CCN(C(=O)O)CC2)C1=O. The summed E-state index contributed by atoms with van der Waals surface area (Å²) in [5.74, 6) is 0.222. The Morgan fingerprint density at radius 2 is 1.67 bits per heavy atom. The van der Waals surface area contributed by atoms with Crippen LogP contribution in [0.2, 0.25) is 0 Å². The number of hydrogen-bond acceptors (Lipinski definition) is 2. The third-order valence-electron chi connectivity index (χ3n) is 4.31. The van der Waals surface area contributed by atoms with Crippen molar-refractivity contribution in [2.45, 2.75) is 45.6 Å². The normalized spacial score (nSPS) is 23.8. The van der Waals surface area contributed by atoms with Gasteiger partial charge in [-0.3, -0.25) is 4.79 Å². The van der Waals surface area contributed by atoms with Crippen molar-refractivity contribution in [1.29, 1.82) is 0 Å². The zero-order valence-corrected chi connectivity index (χ0v) is 11.4. The molecule has 5 heteroatoms. The van der Waals surface area contributed by atoms with E-state index in [9.17, 15) is 9.59 Å². The second kappa shape index (κ2) is 4.14. The summed E-state index contributed by atoms with van der Waals surface area (Å²) in [6.07, 6.45) is 1.34. The van der Waals surface area contributed by atoms with Crippen molar-refractivity contribution in [3.05, 3.63) is 0 Å². The van der Waals surface area contributed by atoms with Crippen molar-refractivity contribution < 1.29 is 14.7 Å². The molecule has 0 aliphatic carbocycles. The maximum atomic E-state index is 12.6. The fourth-order valence-corrected chi connectivity index (χ4v) is 3.05. The molecule has 2 aliphatic heterocycles. The highest BCUT2D eigenvalue weighted by Crippen LogP contribution is 2.43. The van der Waals surface area contributed by atoms with E-state index in [-0.39, 0.29) is 16.9 Å². The van der Waals surface area contributed by atoms with E-state index in [0.29, 0.717) is 25.9 Å². The van der Waals surface area contributed by atoms with Crippen molar-refractivity contribution in [1.82, 2.24) is 9.80 Å². The number of carbonyl (C=O) groups excluding carboxylic acids is 1. The number of amides is 2. The van der Waals surface area contributed by atoms with Gasteiger partial charge in [0, 0.05) is 25.2 Å². The first kappa shape index (κ1) is 13.2. The van der Waals surface area contributed by atoms with Crippen LogP contribution in [-0.4, -0.2) is 52.1 Å². The third kappa shape index (κ3) is 2.06. The maximum absolute atomic E-state index is 12.6. The summed E-state index contributed by atoms with van der Waals surface area (Å²) in [6, 6.07) is 0. The fraction of sp³-hybridized carbons (Fsp3) is 0.846. The molecule has 2 rings (SSSR count). The Morgan fingerprint density at radius 3 is 2.06 bits per heavy atom. The van der Waals surface area contributed by atoms with E-state index in [2.05, 4.69) is 20.8 Å². The first-order valence-electron chi connectivity index (χ1n) is 6.56. The molecule has 0 bridgehead atoms. The quantitative estimate of drug-likeness (QED) is 0.716. The Morgan fingerprint density at radius 1 is 1.17 bits per heavy atom. The lowest BCUT2D eigenvalue weighted by molar-refractivity contribution is -0.142. The first-order chi connectivity index (χ1) is 8.26. The van der Waals surface area contributed by atoms with Gasteiger partial charge < -0.3 is 14.9 Å². The highest BCUT2D eigenvalue weighted by molar-refractivity contribution is 5.85. The van der Waals surface area contributed by atoms with Crippen LogP contribution >= 0.6 is 0 Å². The first-order valence-corrected chi connectivity index (χ1v) is 6.56. The zero-order chi connectivity index (χ0) is 13.6. The molecule has 2 aliphatic rings. The molecule has 0 aromatic rings. The number of carbonyl (C=O) groups is 2. The van der Waals surface area contributed by atoms with Crippen LogP contribution in [0.15, 0.2) is 0 Å². The van der Waals surface area contributed by atoms with Crippen LogP contribution in [0.3, 0.4) is 0 Å². The van der Waals surface area contributed by atoms with Gasteiger partial charge in [0.25, 0.3) is 0 Å². The molecule has 2 saturated heterocycles. The van der Waals surface area contributed by atoms with Gasteiger partial charge in [0.15, 0.2) is 0 Å². The molecule has 5 nitrogen and oxygen atoms in total. The molecule has 0 aromatic heterocycles. The van der Waals surface area contributed by atoms with E-state index in [1.54, 1.807) is 0 Å². The maximum Gasteiger partial charge on any atom is 0.407 e. The summed E-state index contributed by atoms with van der Waals surface area (Å²) in [6.45, 7) is 7.93. The summed E-state index contributed by atoms with van der Waals surface area (Å²) in [5, 5.41) is 8.95. The smallest absolute Gasteiger partial charge is 0.407 e. The highest BCUT2D eigenvalue weighted by Gasteiger charge is 2.50. The molecule has 1 N–H and O–H groups in total. The van der Waals surface area contributed by atoms with Gasteiger partial charge in [-0.15, -0.1) is 0 Å². The molecule has 2 amide bonds. The Labute approximate surface area is 108 Å². The lowest BCUT2D eigenvalue weighted by Crippen LogP contribution is -2.49. The molecular formula is C13H22N2O3. The second-order valence-electron chi connectivity index (χ2n) is 6.43. The molecular weight excluding hydrogens is 232 g/mol. The van der Waals surface area contributed by atoms with Crippen molar-refractivity contribution in [2.75, 3.05) is 19.6 Å². The summed E-state index contributed by atoms with van der Waals surface area (Å²) in [4.78, 5) is 26.8. The van der Waals surface area contributed by atoms with Gasteiger partial charge in [0.05, 0.1) is 5.41 Å². The molecule has 2 fully saturated rings. The van der Waals surface area contributed by atoms with Crippen molar-refractivity contribution in [2.24, 2.45) is 5.41 Å². The van der Waals surface area contributed by atoms with Gasteiger partial charge >= 0.3 is 6.09 Å². The number of likely N-dealkylation sites (tertiary alicyclic amines) is 2. The van der Waals surface area contributed by atoms with E-state index in [0.717, 1.165) is 13.0 Å². The van der Waals surface area contributed by atoms with Gasteiger partial charge in [-0.1, -0.05) is 0 Å². The lowest BCUT2D eigenvalue weighted by Gasteiger charge is -2.39. The fourth-order valence-electron chi connectivity index (χ4n) is 3.05. The summed E-state index contributed by atoms with van der Waals surface area (Å²) in [5.41, 5.74) is -0.427. The van der Waals surface area contributed by atoms with Crippen LogP contribution in [0.25, 0.3) is 0 Å². The molecule has 102 valence electrons. The van der Waals surface area contributed by atoms with Crippen LogP contribution < -0.4 is 0 Å². The minimum Gasteiger partial charge on any atom is -0.465 e. The lowest BCUT2D eigenvalue weighted by atomic mass is 9.77. The van der Waals surface area contributed by atoms with Gasteiger partial charge in [0.1, 0.15) is 0 Å². The van der Waals surface area contributed by atoms with E-state index < -0.39 is 6.09 Å². The third-order valence-corrected chi connectivity index (χ3v) is 4.31. The minimum atomic E-state index is -0.872. The van der Waals surface area contributed by atoms with Crippen LogP contribution in [-0.2, 0) is 4.79 Å². The topological polar surface area (TPSA) is 60.9 Å². The molecule has 18 heavy (non-hydrogen) atoms. The number of rotatable bonds is 0. The molecule has 0 unspecified atom stereocenters. The average Bonchev–Trinajstić information content (AvgIpc) is 2.57. The summed E-state index contributed by atoms with van der Waals surface area (Å²) in [7, 11) is 0. The Balaban J connectivity index is 2.08. The van der Waals surface area contributed by atoms with Gasteiger partial charge in [-0.05, 0) is 40.0 Å². The van der Waals surface area contributed by atoms with E-state index >= 15 is 0 Å². The number of hydrogen-bond donors (Lipinski definition) is 1. The largest absolute Gasteiger partial charge is 0.465 e. The Kier molecular flexibility index (Phi) is 3.03. The molecule has 0 aromatic carbocycles. The predicted molar refractivity (Wildman–Crippen MR) is 67.3 cm³/mol. The standard InChI is InChI=1S/C13H22N2O3/c1-12(2,3)15-9-6-13(10(15)16)4-7-14(8-5-13)11(17)18/h4-9H2,1-3H3,(H,17,18). The van der Waals surface area contributed by atoms with Gasteiger partial charge in [-0.2, -0.15) is 0 Å². The Bertz CT molecular complexity index is 365. The molecule has 0 radical (unpaired) electrons. The van der Waals surface area contributed by atoms with Crippen LogP contribution in [0.4, 0.5) is 4.79 Å². The highest BCUT2D eigenvalue weighted by atomic mass is 16.4. The minimum absolute atomic E-state index is 0.134. The monoisotopic (exact) mass is 254 g/mol. The van der Waals surface area contributed by atoms with Crippen molar-refractivity contribution in [3.8, 4) is 0 Å². The van der Waals surface area contributed by atoms with E-state index in [1.807, 2.05) is 4.90 Å². The van der Waals surface area contributed by atoms with Crippen LogP contribution in [0, 0.1) is 5.41 Å². The number of piperidine rings is 1. The summed E-state index contributed by atoms with van der Waals surface area (Å²) >= 11 is 0. The van der Waals surface area contributed by atoms with Gasteiger partial charge in [-0.25, -0.2) is 4.79 Å². The predicted octanol–water partition coefficient (Wildman–Crippen LogP) is 1.78. The molecule has 1 spiro atoms. The number of carboxylic acid groups (broad SMARTS) is 1. The second-order valence-corrected chi connectivity index (χ2v) is 6.43. The molecule has 0 atom stereocenters. The van der Waals surface area contributed by atoms with Crippen molar-refractivity contribution in [3.63, 3.8) is 0 Å². The van der Waals surface area contributed by atoms with Crippen molar-refractivity contribution >= 4 is 12.0 Å². The van der Waals surface area contributed by atoms with E-state index in [1.165, 1.54) is 4.90 Å². The zero-order valence-electron chi connectivity index (χ0n) is 11.4. The molecule has 0 saturated carbocycles. The Hall–Kier alpha value is -1.26. The molecule has 2 heterocycles. The average molecular weight is 254 g/mol. The summed E-state index contributed by atoms with van der Waals surface area (Å²) < 4.78 is 0. The number of nitrogens with zero attached hydrogens (tertiary/aromatic N) is 2. The van der Waals surface area contributed by atoms with E-state index in [4.69, 9.17) is 5.11 Å². The van der Waals surface area contributed by atoms with Gasteiger partial charge in [0.2, 0.25) is 5.91 Å². The van der Waals surface area contributed by atoms with Crippen LogP contribution in [0.5, 0.6) is 0 Å². The van der Waals surface area contributed by atoms with Crippen LogP contribution in [0.1, 0.15) is 40.0 Å².